The highest BCUT2D eigenvalue weighted by Gasteiger charge is 2.14. The lowest BCUT2D eigenvalue weighted by Gasteiger charge is -2.16. The van der Waals surface area contributed by atoms with Gasteiger partial charge in [-0.2, -0.15) is 0 Å². The Morgan fingerprint density at radius 3 is 2.28 bits per heavy atom. The van der Waals surface area contributed by atoms with E-state index in [4.69, 9.17) is 10.5 Å². The molecule has 2 nitrogen and oxygen atoms in total. The van der Waals surface area contributed by atoms with Crippen LogP contribution in [0.2, 0.25) is 0 Å². The van der Waals surface area contributed by atoms with Crippen molar-refractivity contribution in [1.82, 2.24) is 0 Å². The molecular weight excluding hydrogens is 358 g/mol. The number of rotatable bonds is 3. The van der Waals surface area contributed by atoms with Gasteiger partial charge in [-0.1, -0.05) is 50.1 Å². The molecule has 2 aromatic rings. The first kappa shape index (κ1) is 13.6. The fourth-order valence-corrected chi connectivity index (χ4v) is 3.19. The summed E-state index contributed by atoms with van der Waals surface area (Å²) < 4.78 is 7.34. The number of hydrogen-bond acceptors (Lipinski definition) is 2. The summed E-state index contributed by atoms with van der Waals surface area (Å²) in [5.41, 5.74) is 8.31. The molecule has 0 saturated carbocycles. The molecule has 2 N–H and O–H groups in total. The summed E-state index contributed by atoms with van der Waals surface area (Å²) in [6, 6.07) is 13.6. The van der Waals surface area contributed by atoms with E-state index in [1.54, 1.807) is 7.11 Å². The maximum absolute atomic E-state index is 6.31. The number of hydrogen-bond donors (Lipinski definition) is 1. The molecule has 0 aliphatic carbocycles. The molecule has 2 rings (SSSR count). The highest BCUT2D eigenvalue weighted by Crippen LogP contribution is 2.31. The monoisotopic (exact) mass is 369 g/mol. The van der Waals surface area contributed by atoms with E-state index >= 15 is 0 Å². The molecule has 0 aliphatic rings. The van der Waals surface area contributed by atoms with Crippen molar-refractivity contribution in [1.29, 1.82) is 0 Å². The molecule has 0 heterocycles. The van der Waals surface area contributed by atoms with Gasteiger partial charge in [-0.3, -0.25) is 0 Å². The fourth-order valence-electron chi connectivity index (χ4n) is 1.86. The minimum absolute atomic E-state index is 0.213. The van der Waals surface area contributed by atoms with E-state index in [-0.39, 0.29) is 6.04 Å². The number of halogens is 2. The van der Waals surface area contributed by atoms with Crippen LogP contribution in [0.5, 0.6) is 5.75 Å². The van der Waals surface area contributed by atoms with Crippen LogP contribution in [0.15, 0.2) is 51.4 Å². The predicted molar refractivity (Wildman–Crippen MR) is 80.9 cm³/mol. The third-order valence-corrected chi connectivity index (χ3v) is 3.63. The zero-order valence-electron chi connectivity index (χ0n) is 9.86. The summed E-state index contributed by atoms with van der Waals surface area (Å²) in [4.78, 5) is 0. The third-order valence-electron chi connectivity index (χ3n) is 2.72. The van der Waals surface area contributed by atoms with Gasteiger partial charge in [-0.25, -0.2) is 0 Å². The van der Waals surface area contributed by atoms with E-state index in [1.807, 2.05) is 42.5 Å². The van der Waals surface area contributed by atoms with Gasteiger partial charge in [0, 0.05) is 14.5 Å². The summed E-state index contributed by atoms with van der Waals surface area (Å²) in [6.07, 6.45) is 0. The standard InChI is InChI=1S/C14H13Br2NO/c1-18-13-5-3-2-4-12(13)14(17)9-6-10(15)8-11(16)7-9/h2-8,14H,17H2,1H3. The average molecular weight is 371 g/mol. The van der Waals surface area contributed by atoms with Gasteiger partial charge in [-0.15, -0.1) is 0 Å². The van der Waals surface area contributed by atoms with Gasteiger partial charge >= 0.3 is 0 Å². The maximum Gasteiger partial charge on any atom is 0.123 e. The zero-order chi connectivity index (χ0) is 13.1. The van der Waals surface area contributed by atoms with E-state index in [1.165, 1.54) is 0 Å². The van der Waals surface area contributed by atoms with Gasteiger partial charge in [0.05, 0.1) is 13.2 Å². The smallest absolute Gasteiger partial charge is 0.123 e. The van der Waals surface area contributed by atoms with Gasteiger partial charge in [-0.05, 0) is 29.8 Å². The second-order valence-electron chi connectivity index (χ2n) is 3.92. The number of benzene rings is 2. The van der Waals surface area contributed by atoms with E-state index < -0.39 is 0 Å². The van der Waals surface area contributed by atoms with Crippen LogP contribution in [0, 0.1) is 0 Å². The molecule has 0 fully saturated rings. The summed E-state index contributed by atoms with van der Waals surface area (Å²) in [5.74, 6) is 0.807. The highest BCUT2D eigenvalue weighted by atomic mass is 79.9. The quantitative estimate of drug-likeness (QED) is 0.875. The first-order valence-corrected chi connectivity index (χ1v) is 7.05. The second-order valence-corrected chi connectivity index (χ2v) is 5.75. The Morgan fingerprint density at radius 1 is 1.06 bits per heavy atom. The first-order chi connectivity index (χ1) is 8.61. The Morgan fingerprint density at radius 2 is 1.67 bits per heavy atom. The van der Waals surface area contributed by atoms with Crippen LogP contribution in [-0.4, -0.2) is 7.11 Å². The number of ether oxygens (including phenoxy) is 1. The Labute approximate surface area is 123 Å². The van der Waals surface area contributed by atoms with Crippen molar-refractivity contribution in [3.63, 3.8) is 0 Å². The number of methoxy groups -OCH3 is 1. The van der Waals surface area contributed by atoms with Crippen LogP contribution in [0.1, 0.15) is 17.2 Å². The molecular formula is C14H13Br2NO. The van der Waals surface area contributed by atoms with Crippen LogP contribution in [0.4, 0.5) is 0 Å². The van der Waals surface area contributed by atoms with Crippen molar-refractivity contribution in [2.45, 2.75) is 6.04 Å². The van der Waals surface area contributed by atoms with Crippen LogP contribution in [0.25, 0.3) is 0 Å². The lowest BCUT2D eigenvalue weighted by Crippen LogP contribution is -2.13. The predicted octanol–water partition coefficient (Wildman–Crippen LogP) is 4.27. The fraction of sp³-hybridized carbons (Fsp3) is 0.143. The maximum atomic E-state index is 6.31. The summed E-state index contributed by atoms with van der Waals surface area (Å²) >= 11 is 6.95. The molecule has 2 aromatic carbocycles. The Kier molecular flexibility index (Phi) is 4.43. The average Bonchev–Trinajstić information content (AvgIpc) is 2.36. The van der Waals surface area contributed by atoms with Crippen molar-refractivity contribution in [3.8, 4) is 5.75 Å². The van der Waals surface area contributed by atoms with Gasteiger partial charge in [0.1, 0.15) is 5.75 Å². The minimum atomic E-state index is -0.213. The van der Waals surface area contributed by atoms with Crippen molar-refractivity contribution in [2.24, 2.45) is 5.73 Å². The molecule has 1 unspecified atom stereocenters. The van der Waals surface area contributed by atoms with Crippen LogP contribution in [0.3, 0.4) is 0 Å². The van der Waals surface area contributed by atoms with Gasteiger partial charge in [0.2, 0.25) is 0 Å². The van der Waals surface area contributed by atoms with E-state index in [9.17, 15) is 0 Å². The van der Waals surface area contributed by atoms with Crippen molar-refractivity contribution in [2.75, 3.05) is 7.11 Å². The molecule has 94 valence electrons. The molecule has 0 aliphatic heterocycles. The first-order valence-electron chi connectivity index (χ1n) is 5.46. The van der Waals surface area contributed by atoms with E-state index in [2.05, 4.69) is 31.9 Å². The summed E-state index contributed by atoms with van der Waals surface area (Å²) in [7, 11) is 1.66. The number of para-hydroxylation sites is 1. The van der Waals surface area contributed by atoms with Crippen LogP contribution in [-0.2, 0) is 0 Å². The molecule has 0 aromatic heterocycles. The van der Waals surface area contributed by atoms with E-state index in [0.29, 0.717) is 0 Å². The Bertz CT molecular complexity index is 537. The molecule has 18 heavy (non-hydrogen) atoms. The lowest BCUT2D eigenvalue weighted by atomic mass is 9.99. The highest BCUT2D eigenvalue weighted by molar-refractivity contribution is 9.11. The van der Waals surface area contributed by atoms with Crippen molar-refractivity contribution in [3.05, 3.63) is 62.5 Å². The molecule has 0 amide bonds. The van der Waals surface area contributed by atoms with Crippen LogP contribution < -0.4 is 10.5 Å². The second kappa shape index (κ2) is 5.87. The Hall–Kier alpha value is -0.840. The number of nitrogens with two attached hydrogens (primary N) is 1. The normalized spacial score (nSPS) is 12.2. The van der Waals surface area contributed by atoms with Gasteiger partial charge in [0.15, 0.2) is 0 Å². The molecule has 0 radical (unpaired) electrons. The summed E-state index contributed by atoms with van der Waals surface area (Å²) in [6.45, 7) is 0. The zero-order valence-corrected chi connectivity index (χ0v) is 13.0. The van der Waals surface area contributed by atoms with Crippen molar-refractivity contribution >= 4 is 31.9 Å². The van der Waals surface area contributed by atoms with Crippen LogP contribution >= 0.6 is 31.9 Å². The molecule has 0 spiro atoms. The lowest BCUT2D eigenvalue weighted by molar-refractivity contribution is 0.408. The minimum Gasteiger partial charge on any atom is -0.496 e. The SMILES string of the molecule is COc1ccccc1C(N)c1cc(Br)cc(Br)c1. The molecule has 0 saturated heterocycles. The molecule has 4 heteroatoms. The Balaban J connectivity index is 2.44. The topological polar surface area (TPSA) is 35.2 Å². The largest absolute Gasteiger partial charge is 0.496 e. The van der Waals surface area contributed by atoms with E-state index in [0.717, 1.165) is 25.8 Å². The molecule has 1 atom stereocenters. The summed E-state index contributed by atoms with van der Waals surface area (Å²) in [5, 5.41) is 0. The van der Waals surface area contributed by atoms with Gasteiger partial charge < -0.3 is 10.5 Å². The molecule has 0 bridgehead atoms. The van der Waals surface area contributed by atoms with Crippen molar-refractivity contribution < 1.29 is 4.74 Å². The van der Waals surface area contributed by atoms with Gasteiger partial charge in [0.25, 0.3) is 0 Å². The third kappa shape index (κ3) is 2.94.